The molecule has 1 fully saturated rings. The van der Waals surface area contributed by atoms with Gasteiger partial charge in [0.2, 0.25) is 10.0 Å². The molecule has 1 aliphatic rings. The second-order valence-electron chi connectivity index (χ2n) is 6.34. The average Bonchev–Trinajstić information content (AvgIpc) is 3.02. The zero-order valence-corrected chi connectivity index (χ0v) is 17.2. The summed E-state index contributed by atoms with van der Waals surface area (Å²) >= 11 is 5.84. The van der Waals surface area contributed by atoms with Crippen molar-refractivity contribution >= 4 is 33.6 Å². The van der Waals surface area contributed by atoms with E-state index in [1.807, 2.05) is 11.8 Å². The van der Waals surface area contributed by atoms with Gasteiger partial charge in [-0.3, -0.25) is 9.79 Å². The summed E-state index contributed by atoms with van der Waals surface area (Å²) in [7, 11) is -0.595. The highest BCUT2D eigenvalue weighted by Gasteiger charge is 2.36. The van der Waals surface area contributed by atoms with Crippen molar-refractivity contribution < 1.29 is 17.9 Å². The lowest BCUT2D eigenvalue weighted by atomic mass is 9.99. The molecule has 2 rings (SSSR count). The number of sulfonamides is 1. The first-order chi connectivity index (χ1) is 12.8. The second-order valence-corrected chi connectivity index (χ2v) is 8.54. The Morgan fingerprint density at radius 1 is 1.37 bits per heavy atom. The third-order valence-corrected chi connectivity index (χ3v) is 6.13. The van der Waals surface area contributed by atoms with Gasteiger partial charge in [0.1, 0.15) is 0 Å². The normalized spacial score (nSPS) is 20.6. The summed E-state index contributed by atoms with van der Waals surface area (Å²) in [5.74, 6) is 0.345. The number of benzene rings is 1. The van der Waals surface area contributed by atoms with Crippen molar-refractivity contribution in [3.63, 3.8) is 0 Å². The number of hydrogen-bond acceptors (Lipinski definition) is 5. The molecular formula is C17H25ClN4O4S. The average molecular weight is 417 g/mol. The highest BCUT2D eigenvalue weighted by molar-refractivity contribution is 7.89. The van der Waals surface area contributed by atoms with Crippen LogP contribution in [0.5, 0.6) is 0 Å². The fourth-order valence-electron chi connectivity index (χ4n) is 3.01. The fourth-order valence-corrected chi connectivity index (χ4v) is 4.34. The van der Waals surface area contributed by atoms with Gasteiger partial charge in [-0.1, -0.05) is 24.6 Å². The van der Waals surface area contributed by atoms with Crippen molar-refractivity contribution in [3.8, 4) is 0 Å². The molecular weight excluding hydrogens is 392 g/mol. The Labute approximate surface area is 165 Å². The topological polar surface area (TPSA) is 100 Å². The number of carbonyl (C=O) groups excluding carboxylic acids is 1. The van der Waals surface area contributed by atoms with Crippen LogP contribution in [0.15, 0.2) is 34.2 Å². The monoisotopic (exact) mass is 416 g/mol. The number of nitrogens with zero attached hydrogens (tertiary/aromatic N) is 2. The summed E-state index contributed by atoms with van der Waals surface area (Å²) in [6.45, 7) is 3.71. The van der Waals surface area contributed by atoms with Gasteiger partial charge in [0.15, 0.2) is 5.96 Å². The van der Waals surface area contributed by atoms with Gasteiger partial charge in [-0.05, 0) is 24.1 Å². The molecule has 8 nitrogen and oxygen atoms in total. The first kappa shape index (κ1) is 21.5. The Kier molecular flexibility index (Phi) is 7.46. The zero-order valence-electron chi connectivity index (χ0n) is 15.6. The van der Waals surface area contributed by atoms with E-state index in [4.69, 9.17) is 16.3 Å². The van der Waals surface area contributed by atoms with Crippen LogP contribution in [-0.2, 0) is 19.6 Å². The maximum absolute atomic E-state index is 12.3. The number of aliphatic imine (C=N–C) groups is 1. The van der Waals surface area contributed by atoms with Gasteiger partial charge in [0, 0.05) is 38.2 Å². The van der Waals surface area contributed by atoms with E-state index in [0.717, 1.165) is 0 Å². The molecule has 2 N–H and O–H groups in total. The molecule has 0 saturated carbocycles. The van der Waals surface area contributed by atoms with Crippen LogP contribution < -0.4 is 10.0 Å². The number of nitrogens with one attached hydrogen (secondary N) is 2. The Bertz CT molecular complexity index is 800. The van der Waals surface area contributed by atoms with Gasteiger partial charge in [-0.15, -0.1) is 0 Å². The number of methoxy groups -OCH3 is 1. The molecule has 150 valence electrons. The van der Waals surface area contributed by atoms with Crippen LogP contribution in [0.1, 0.15) is 6.92 Å². The lowest BCUT2D eigenvalue weighted by Gasteiger charge is -2.21. The Hall–Kier alpha value is -1.84. The first-order valence-electron chi connectivity index (χ1n) is 8.57. The van der Waals surface area contributed by atoms with Gasteiger partial charge < -0.3 is 15.0 Å². The number of esters is 1. The van der Waals surface area contributed by atoms with Crippen molar-refractivity contribution in [1.82, 2.24) is 14.9 Å². The van der Waals surface area contributed by atoms with Gasteiger partial charge in [-0.2, -0.15) is 0 Å². The largest absolute Gasteiger partial charge is 0.469 e. The first-order valence-corrected chi connectivity index (χ1v) is 10.4. The number of hydrogen-bond donors (Lipinski definition) is 2. The lowest BCUT2D eigenvalue weighted by molar-refractivity contribution is -0.145. The van der Waals surface area contributed by atoms with Gasteiger partial charge in [0.25, 0.3) is 0 Å². The summed E-state index contributed by atoms with van der Waals surface area (Å²) in [5.41, 5.74) is 0. The fraction of sp³-hybridized carbons (Fsp3) is 0.529. The smallest absolute Gasteiger partial charge is 0.310 e. The minimum atomic E-state index is -3.63. The minimum absolute atomic E-state index is 0.119. The van der Waals surface area contributed by atoms with E-state index < -0.39 is 10.0 Å². The Morgan fingerprint density at radius 3 is 2.74 bits per heavy atom. The number of likely N-dealkylation sites (tertiary alicyclic amines) is 1. The molecule has 0 amide bonds. The molecule has 1 aromatic rings. The summed E-state index contributed by atoms with van der Waals surface area (Å²) in [5, 5.41) is 3.48. The molecule has 2 atom stereocenters. The van der Waals surface area contributed by atoms with Crippen molar-refractivity contribution in [3.05, 3.63) is 29.3 Å². The SMILES string of the molecule is CN=C(NCCNS(=O)(=O)c1cccc(Cl)c1)N1CC(C)C(C(=O)OC)C1. The quantitative estimate of drug-likeness (QED) is 0.310. The summed E-state index contributed by atoms with van der Waals surface area (Å²) in [6, 6.07) is 6.09. The highest BCUT2D eigenvalue weighted by atomic mass is 35.5. The predicted molar refractivity (Wildman–Crippen MR) is 104 cm³/mol. The number of halogens is 1. The van der Waals surface area contributed by atoms with Crippen molar-refractivity contribution in [2.75, 3.05) is 40.3 Å². The van der Waals surface area contributed by atoms with Crippen LogP contribution in [0.3, 0.4) is 0 Å². The summed E-state index contributed by atoms with van der Waals surface area (Å²) < 4.78 is 31.9. The van der Waals surface area contributed by atoms with Crippen LogP contribution in [0.25, 0.3) is 0 Å². The van der Waals surface area contributed by atoms with Crippen molar-refractivity contribution in [2.45, 2.75) is 11.8 Å². The van der Waals surface area contributed by atoms with E-state index in [0.29, 0.717) is 30.6 Å². The van der Waals surface area contributed by atoms with Gasteiger partial charge in [-0.25, -0.2) is 13.1 Å². The molecule has 27 heavy (non-hydrogen) atoms. The molecule has 2 unspecified atom stereocenters. The van der Waals surface area contributed by atoms with Crippen LogP contribution in [-0.4, -0.2) is 65.6 Å². The van der Waals surface area contributed by atoms with Gasteiger partial charge in [0.05, 0.1) is 17.9 Å². The number of ether oxygens (including phenoxy) is 1. The van der Waals surface area contributed by atoms with Gasteiger partial charge >= 0.3 is 5.97 Å². The predicted octanol–water partition coefficient (Wildman–Crippen LogP) is 0.935. The van der Waals surface area contributed by atoms with Crippen LogP contribution >= 0.6 is 11.6 Å². The van der Waals surface area contributed by atoms with E-state index in [1.54, 1.807) is 19.2 Å². The van der Waals surface area contributed by atoms with Crippen LogP contribution in [0, 0.1) is 11.8 Å². The highest BCUT2D eigenvalue weighted by Crippen LogP contribution is 2.24. The zero-order chi connectivity index (χ0) is 20.0. The van der Waals surface area contributed by atoms with Crippen molar-refractivity contribution in [2.24, 2.45) is 16.8 Å². The summed E-state index contributed by atoms with van der Waals surface area (Å²) in [6.07, 6.45) is 0. The van der Waals surface area contributed by atoms with E-state index >= 15 is 0 Å². The second kappa shape index (κ2) is 9.38. The van der Waals surface area contributed by atoms with Crippen LogP contribution in [0.4, 0.5) is 0 Å². The molecule has 1 aliphatic heterocycles. The van der Waals surface area contributed by atoms with E-state index in [1.165, 1.54) is 19.2 Å². The number of guanidine groups is 1. The van der Waals surface area contributed by atoms with E-state index in [9.17, 15) is 13.2 Å². The molecule has 0 radical (unpaired) electrons. The third kappa shape index (κ3) is 5.57. The van der Waals surface area contributed by atoms with Crippen LogP contribution in [0.2, 0.25) is 5.02 Å². The Balaban J connectivity index is 1.86. The minimum Gasteiger partial charge on any atom is -0.469 e. The molecule has 0 aliphatic carbocycles. The molecule has 0 aromatic heterocycles. The standard InChI is InChI=1S/C17H25ClN4O4S/c1-12-10-22(11-15(12)16(23)26-3)17(19-2)20-7-8-21-27(24,25)14-6-4-5-13(18)9-14/h4-6,9,12,15,21H,7-8,10-11H2,1-3H3,(H,19,20). The maximum Gasteiger partial charge on any atom is 0.310 e. The summed E-state index contributed by atoms with van der Waals surface area (Å²) in [4.78, 5) is 18.1. The number of rotatable bonds is 6. The molecule has 0 bridgehead atoms. The van der Waals surface area contributed by atoms with E-state index in [2.05, 4.69) is 15.0 Å². The molecule has 10 heteroatoms. The maximum atomic E-state index is 12.3. The molecule has 1 aromatic carbocycles. The third-order valence-electron chi connectivity index (χ3n) is 4.43. The van der Waals surface area contributed by atoms with Crippen molar-refractivity contribution in [1.29, 1.82) is 0 Å². The molecule has 0 spiro atoms. The molecule has 1 saturated heterocycles. The lowest BCUT2D eigenvalue weighted by Crippen LogP contribution is -2.43. The number of carbonyl (C=O) groups is 1. The Morgan fingerprint density at radius 2 is 2.11 bits per heavy atom. The molecule has 1 heterocycles. The van der Waals surface area contributed by atoms with E-state index in [-0.39, 0.29) is 29.2 Å².